The van der Waals surface area contributed by atoms with E-state index in [0.29, 0.717) is 23.7 Å². The molecule has 1 spiro atoms. The van der Waals surface area contributed by atoms with Crippen LogP contribution in [0, 0.1) is 0 Å². The number of nitrogens with zero attached hydrogens (tertiary/aromatic N) is 3. The predicted molar refractivity (Wildman–Crippen MR) is 110 cm³/mol. The summed E-state index contributed by atoms with van der Waals surface area (Å²) in [7, 11) is 1.79. The lowest BCUT2D eigenvalue weighted by molar-refractivity contribution is -0.121. The van der Waals surface area contributed by atoms with Crippen molar-refractivity contribution in [3.05, 3.63) is 82.9 Å². The van der Waals surface area contributed by atoms with Crippen LogP contribution in [-0.2, 0) is 17.3 Å². The quantitative estimate of drug-likeness (QED) is 0.707. The van der Waals surface area contributed by atoms with Crippen LogP contribution in [0.25, 0.3) is 0 Å². The zero-order chi connectivity index (χ0) is 20.2. The van der Waals surface area contributed by atoms with Gasteiger partial charge in [0.05, 0.1) is 11.1 Å². The first kappa shape index (κ1) is 17.9. The molecule has 0 aliphatic carbocycles. The molecule has 29 heavy (non-hydrogen) atoms. The van der Waals surface area contributed by atoms with Crippen molar-refractivity contribution in [1.82, 2.24) is 14.5 Å². The number of aryl methyl sites for hydroxylation is 1. The number of pyridine rings is 1. The lowest BCUT2D eigenvalue weighted by Gasteiger charge is -2.34. The van der Waals surface area contributed by atoms with Gasteiger partial charge in [-0.05, 0) is 35.7 Å². The Bertz CT molecular complexity index is 1130. The lowest BCUT2D eigenvalue weighted by Crippen LogP contribution is -2.43. The molecule has 4 heterocycles. The van der Waals surface area contributed by atoms with Gasteiger partial charge in [0.1, 0.15) is 11.1 Å². The van der Waals surface area contributed by atoms with Crippen molar-refractivity contribution in [2.45, 2.75) is 17.9 Å². The van der Waals surface area contributed by atoms with E-state index in [-0.39, 0.29) is 11.8 Å². The number of anilines is 1. The Kier molecular flexibility index (Phi) is 3.99. The van der Waals surface area contributed by atoms with Gasteiger partial charge in [-0.15, -0.1) is 0 Å². The number of likely N-dealkylation sites (tertiary alicyclic amines) is 1. The van der Waals surface area contributed by atoms with E-state index in [1.54, 1.807) is 41.2 Å². The molecule has 0 saturated carbocycles. The van der Waals surface area contributed by atoms with Gasteiger partial charge in [-0.2, -0.15) is 0 Å². The van der Waals surface area contributed by atoms with Gasteiger partial charge >= 0.3 is 0 Å². The number of hydrogen-bond donors (Lipinski definition) is 1. The van der Waals surface area contributed by atoms with Gasteiger partial charge in [-0.25, -0.2) is 0 Å². The number of carbonyl (C=O) groups excluding carboxylic acids is 2. The molecule has 2 aromatic heterocycles. The molecule has 5 rings (SSSR count). The second kappa shape index (κ2) is 6.46. The molecule has 6 nitrogen and oxygen atoms in total. The van der Waals surface area contributed by atoms with Crippen molar-refractivity contribution in [2.24, 2.45) is 7.05 Å². The van der Waals surface area contributed by atoms with Crippen LogP contribution in [0.4, 0.5) is 5.69 Å². The second-order valence-electron chi connectivity index (χ2n) is 7.56. The molecule has 3 aromatic rings. The predicted octanol–water partition coefficient (Wildman–Crippen LogP) is 3.55. The van der Waals surface area contributed by atoms with Crippen LogP contribution >= 0.6 is 11.6 Å². The molecule has 2 atom stereocenters. The smallest absolute Gasteiger partial charge is 0.271 e. The van der Waals surface area contributed by atoms with Crippen molar-refractivity contribution in [3.63, 3.8) is 0 Å². The molecular weight excluding hydrogens is 388 g/mol. The van der Waals surface area contributed by atoms with E-state index < -0.39 is 11.5 Å². The van der Waals surface area contributed by atoms with Crippen LogP contribution in [0.3, 0.4) is 0 Å². The third-order valence-corrected chi connectivity index (χ3v) is 6.24. The van der Waals surface area contributed by atoms with Crippen molar-refractivity contribution < 1.29 is 9.59 Å². The molecule has 2 aliphatic rings. The number of para-hydroxylation sites is 1. The Hall–Kier alpha value is -3.12. The topological polar surface area (TPSA) is 67.2 Å². The van der Waals surface area contributed by atoms with Gasteiger partial charge in [0, 0.05) is 37.9 Å². The number of amides is 2. The molecule has 0 bridgehead atoms. The maximum atomic E-state index is 13.5. The average Bonchev–Trinajstić information content (AvgIpc) is 3.37. The minimum atomic E-state index is -0.843. The molecule has 146 valence electrons. The van der Waals surface area contributed by atoms with Crippen LogP contribution in [0.2, 0.25) is 5.02 Å². The molecule has 2 aliphatic heterocycles. The fourth-order valence-electron chi connectivity index (χ4n) is 4.79. The average molecular weight is 407 g/mol. The first-order valence-electron chi connectivity index (χ1n) is 9.46. The first-order chi connectivity index (χ1) is 14.0. The minimum absolute atomic E-state index is 0.0761. The summed E-state index contributed by atoms with van der Waals surface area (Å²) in [6.45, 7) is 0.461. The molecule has 1 fully saturated rings. The van der Waals surface area contributed by atoms with Gasteiger partial charge in [-0.1, -0.05) is 35.9 Å². The summed E-state index contributed by atoms with van der Waals surface area (Å²) < 4.78 is 1.72. The van der Waals surface area contributed by atoms with E-state index in [9.17, 15) is 9.59 Å². The summed E-state index contributed by atoms with van der Waals surface area (Å²) in [6.07, 6.45) is 5.68. The molecular formula is C22H19ClN4O2. The van der Waals surface area contributed by atoms with E-state index in [1.165, 1.54) is 0 Å². The molecule has 0 radical (unpaired) electrons. The Morgan fingerprint density at radius 2 is 2.10 bits per heavy atom. The maximum Gasteiger partial charge on any atom is 0.271 e. The summed E-state index contributed by atoms with van der Waals surface area (Å²) in [6, 6.07) is 12.7. The van der Waals surface area contributed by atoms with E-state index >= 15 is 0 Å². The van der Waals surface area contributed by atoms with Gasteiger partial charge in [0.15, 0.2) is 0 Å². The Balaban J connectivity index is 1.68. The van der Waals surface area contributed by atoms with Gasteiger partial charge < -0.3 is 14.8 Å². The fraction of sp³-hybridized carbons (Fsp3) is 0.227. The standard InChI is InChI=1S/C22H19ClN4O2/c1-26-13-15(23)11-18(26)20(28)27-10-8-22(19(27)14-5-4-9-24-12-14)16-6-2-3-7-17(16)25-21(22)29/h2-7,9,11-13,19H,8,10H2,1H3,(H,25,29). The minimum Gasteiger partial charge on any atom is -0.345 e. The number of hydrogen-bond acceptors (Lipinski definition) is 3. The second-order valence-corrected chi connectivity index (χ2v) is 8.00. The summed E-state index contributed by atoms with van der Waals surface area (Å²) in [5, 5.41) is 3.53. The van der Waals surface area contributed by atoms with E-state index in [2.05, 4.69) is 10.3 Å². The Morgan fingerprint density at radius 3 is 2.83 bits per heavy atom. The highest BCUT2D eigenvalue weighted by molar-refractivity contribution is 6.31. The largest absolute Gasteiger partial charge is 0.345 e. The number of fused-ring (bicyclic) bond motifs is 2. The van der Waals surface area contributed by atoms with Gasteiger partial charge in [0.25, 0.3) is 5.91 Å². The SMILES string of the molecule is Cn1cc(Cl)cc1C(=O)N1CCC2(C(=O)Nc3ccccc32)C1c1cccnc1. The highest BCUT2D eigenvalue weighted by Crippen LogP contribution is 2.54. The summed E-state index contributed by atoms with van der Waals surface area (Å²) in [5.74, 6) is -0.227. The van der Waals surface area contributed by atoms with E-state index in [4.69, 9.17) is 11.6 Å². The molecule has 1 saturated heterocycles. The summed E-state index contributed by atoms with van der Waals surface area (Å²) in [5.41, 5.74) is 2.23. The third kappa shape index (κ3) is 2.52. The number of benzene rings is 1. The third-order valence-electron chi connectivity index (χ3n) is 6.04. The van der Waals surface area contributed by atoms with Crippen molar-refractivity contribution in [3.8, 4) is 0 Å². The molecule has 1 N–H and O–H groups in total. The van der Waals surface area contributed by atoms with Crippen LogP contribution in [-0.4, -0.2) is 32.8 Å². The summed E-state index contributed by atoms with van der Waals surface area (Å²) in [4.78, 5) is 32.9. The lowest BCUT2D eigenvalue weighted by atomic mass is 9.73. The van der Waals surface area contributed by atoms with E-state index in [0.717, 1.165) is 16.8 Å². The van der Waals surface area contributed by atoms with Crippen LogP contribution in [0.5, 0.6) is 0 Å². The number of carbonyl (C=O) groups is 2. The van der Waals surface area contributed by atoms with Crippen molar-refractivity contribution in [1.29, 1.82) is 0 Å². The zero-order valence-corrected chi connectivity index (χ0v) is 16.6. The maximum absolute atomic E-state index is 13.5. The number of nitrogens with one attached hydrogen (secondary N) is 1. The van der Waals surface area contributed by atoms with Crippen molar-refractivity contribution in [2.75, 3.05) is 11.9 Å². The zero-order valence-electron chi connectivity index (χ0n) is 15.8. The van der Waals surface area contributed by atoms with Crippen LogP contribution < -0.4 is 5.32 Å². The first-order valence-corrected chi connectivity index (χ1v) is 9.84. The Morgan fingerprint density at radius 1 is 1.28 bits per heavy atom. The number of rotatable bonds is 2. The molecule has 7 heteroatoms. The summed E-state index contributed by atoms with van der Waals surface area (Å²) >= 11 is 6.11. The van der Waals surface area contributed by atoms with Gasteiger partial charge in [0.2, 0.25) is 5.91 Å². The fourth-order valence-corrected chi connectivity index (χ4v) is 5.04. The molecule has 1 aromatic carbocycles. The van der Waals surface area contributed by atoms with Crippen LogP contribution in [0.15, 0.2) is 61.1 Å². The highest BCUT2D eigenvalue weighted by atomic mass is 35.5. The number of halogens is 1. The van der Waals surface area contributed by atoms with Crippen LogP contribution in [0.1, 0.15) is 34.1 Å². The normalized spacial score (nSPS) is 22.8. The molecule has 2 unspecified atom stereocenters. The Labute approximate surface area is 173 Å². The monoisotopic (exact) mass is 406 g/mol. The number of aromatic nitrogens is 2. The van der Waals surface area contributed by atoms with Gasteiger partial charge in [-0.3, -0.25) is 14.6 Å². The highest BCUT2D eigenvalue weighted by Gasteiger charge is 2.59. The molecule has 2 amide bonds. The van der Waals surface area contributed by atoms with Crippen molar-refractivity contribution >= 4 is 29.1 Å². The van der Waals surface area contributed by atoms with E-state index in [1.807, 2.05) is 36.4 Å².